The third-order valence-corrected chi connectivity index (χ3v) is 4.81. The number of hydrogen-bond acceptors (Lipinski definition) is 2. The first-order valence-corrected chi connectivity index (χ1v) is 7.13. The molecule has 2 atom stereocenters. The van der Waals surface area contributed by atoms with Crippen molar-refractivity contribution >= 4 is 27.7 Å². The fourth-order valence-electron chi connectivity index (χ4n) is 2.08. The van der Waals surface area contributed by atoms with E-state index in [0.29, 0.717) is 11.3 Å². The molecule has 1 aliphatic heterocycles. The molecule has 0 aromatic heterocycles. The second kappa shape index (κ2) is 4.89. The molecular weight excluding hydrogens is 270 g/mol. The van der Waals surface area contributed by atoms with Gasteiger partial charge in [-0.15, -0.1) is 11.8 Å². The highest BCUT2D eigenvalue weighted by molar-refractivity contribution is 9.10. The van der Waals surface area contributed by atoms with E-state index in [1.807, 2.05) is 11.8 Å². The van der Waals surface area contributed by atoms with Gasteiger partial charge in [0.1, 0.15) is 0 Å². The van der Waals surface area contributed by atoms with E-state index in [9.17, 15) is 0 Å². The van der Waals surface area contributed by atoms with Gasteiger partial charge >= 0.3 is 0 Å². The number of benzene rings is 1. The van der Waals surface area contributed by atoms with Gasteiger partial charge in [-0.05, 0) is 36.7 Å². The Balaban J connectivity index is 2.32. The average molecular weight is 286 g/mol. The number of thioether (sulfide) groups is 1. The summed E-state index contributed by atoms with van der Waals surface area (Å²) >= 11 is 5.56. The zero-order valence-electron chi connectivity index (χ0n) is 9.09. The SMILES string of the molecule is CCNC1c2cc(Br)ccc2SC1CC. The summed E-state index contributed by atoms with van der Waals surface area (Å²) in [5, 5.41) is 4.28. The molecule has 1 nitrogen and oxygen atoms in total. The van der Waals surface area contributed by atoms with Crippen LogP contribution in [0.2, 0.25) is 0 Å². The Bertz CT molecular complexity index is 353. The van der Waals surface area contributed by atoms with Crippen LogP contribution < -0.4 is 5.32 Å². The zero-order valence-corrected chi connectivity index (χ0v) is 11.5. The molecule has 1 aromatic carbocycles. The predicted molar refractivity (Wildman–Crippen MR) is 70.5 cm³/mol. The molecule has 0 saturated carbocycles. The Morgan fingerprint density at radius 2 is 2.20 bits per heavy atom. The van der Waals surface area contributed by atoms with Gasteiger partial charge < -0.3 is 5.32 Å². The second-order valence-corrected chi connectivity index (χ2v) is 5.98. The van der Waals surface area contributed by atoms with Crippen molar-refractivity contribution in [3.8, 4) is 0 Å². The Labute approximate surface area is 104 Å². The Hall–Kier alpha value is 0.01000. The molecule has 0 spiro atoms. The normalized spacial score (nSPS) is 24.2. The molecule has 1 aromatic rings. The molecule has 0 radical (unpaired) electrons. The molecule has 2 unspecified atom stereocenters. The number of hydrogen-bond donors (Lipinski definition) is 1. The van der Waals surface area contributed by atoms with Crippen molar-refractivity contribution in [3.63, 3.8) is 0 Å². The lowest BCUT2D eigenvalue weighted by Crippen LogP contribution is -2.26. The van der Waals surface area contributed by atoms with Gasteiger partial charge in [0.2, 0.25) is 0 Å². The molecule has 2 rings (SSSR count). The maximum absolute atomic E-state index is 3.59. The minimum atomic E-state index is 0.525. The van der Waals surface area contributed by atoms with E-state index in [2.05, 4.69) is 53.3 Å². The van der Waals surface area contributed by atoms with Gasteiger partial charge in [0, 0.05) is 20.7 Å². The van der Waals surface area contributed by atoms with Crippen molar-refractivity contribution in [3.05, 3.63) is 28.2 Å². The van der Waals surface area contributed by atoms with E-state index in [-0.39, 0.29) is 0 Å². The molecule has 0 fully saturated rings. The smallest absolute Gasteiger partial charge is 0.0455 e. The Morgan fingerprint density at radius 3 is 2.87 bits per heavy atom. The Kier molecular flexibility index (Phi) is 3.75. The fourth-order valence-corrected chi connectivity index (χ4v) is 3.80. The van der Waals surface area contributed by atoms with Crippen LogP contribution in [0, 0.1) is 0 Å². The summed E-state index contributed by atoms with van der Waals surface area (Å²) in [4.78, 5) is 1.44. The molecule has 1 aliphatic rings. The molecule has 0 aliphatic carbocycles. The van der Waals surface area contributed by atoms with E-state index >= 15 is 0 Å². The van der Waals surface area contributed by atoms with E-state index in [1.54, 1.807) is 0 Å². The maximum Gasteiger partial charge on any atom is 0.0455 e. The van der Waals surface area contributed by atoms with Crippen LogP contribution in [0.4, 0.5) is 0 Å². The summed E-state index contributed by atoms with van der Waals surface area (Å²) in [5.41, 5.74) is 1.46. The highest BCUT2D eigenvalue weighted by Crippen LogP contribution is 2.46. The highest BCUT2D eigenvalue weighted by atomic mass is 79.9. The molecule has 0 saturated heterocycles. The second-order valence-electron chi connectivity index (χ2n) is 3.78. The van der Waals surface area contributed by atoms with Gasteiger partial charge in [-0.3, -0.25) is 0 Å². The number of rotatable bonds is 3. The monoisotopic (exact) mass is 285 g/mol. The lowest BCUT2D eigenvalue weighted by molar-refractivity contribution is 0.527. The van der Waals surface area contributed by atoms with Crippen LogP contribution in [-0.2, 0) is 0 Å². The van der Waals surface area contributed by atoms with Gasteiger partial charge in [0.25, 0.3) is 0 Å². The van der Waals surface area contributed by atoms with Crippen LogP contribution in [-0.4, -0.2) is 11.8 Å². The van der Waals surface area contributed by atoms with Gasteiger partial charge in [-0.25, -0.2) is 0 Å². The van der Waals surface area contributed by atoms with Crippen molar-refractivity contribution in [2.75, 3.05) is 6.54 Å². The molecule has 0 amide bonds. The van der Waals surface area contributed by atoms with Crippen molar-refractivity contribution in [2.24, 2.45) is 0 Å². The predicted octanol–water partition coefficient (Wildman–Crippen LogP) is 3.98. The summed E-state index contributed by atoms with van der Waals surface area (Å²) in [6.07, 6.45) is 1.22. The quantitative estimate of drug-likeness (QED) is 0.902. The third kappa shape index (κ3) is 2.24. The molecule has 1 heterocycles. The van der Waals surface area contributed by atoms with Crippen molar-refractivity contribution in [2.45, 2.75) is 36.5 Å². The van der Waals surface area contributed by atoms with E-state index in [0.717, 1.165) is 6.54 Å². The van der Waals surface area contributed by atoms with Crippen molar-refractivity contribution in [1.82, 2.24) is 5.32 Å². The molecule has 1 N–H and O–H groups in total. The van der Waals surface area contributed by atoms with Gasteiger partial charge in [-0.1, -0.05) is 29.8 Å². The van der Waals surface area contributed by atoms with Crippen LogP contribution in [0.3, 0.4) is 0 Å². The maximum atomic E-state index is 3.59. The number of fused-ring (bicyclic) bond motifs is 1. The Morgan fingerprint density at radius 1 is 1.40 bits per heavy atom. The third-order valence-electron chi connectivity index (χ3n) is 2.78. The van der Waals surface area contributed by atoms with Crippen LogP contribution in [0.25, 0.3) is 0 Å². The zero-order chi connectivity index (χ0) is 10.8. The van der Waals surface area contributed by atoms with Crippen LogP contribution in [0.1, 0.15) is 31.9 Å². The number of nitrogens with one attached hydrogen (secondary N) is 1. The fraction of sp³-hybridized carbons (Fsp3) is 0.500. The van der Waals surface area contributed by atoms with Gasteiger partial charge in [0.05, 0.1) is 0 Å². The van der Waals surface area contributed by atoms with E-state index in [1.165, 1.54) is 21.4 Å². The highest BCUT2D eigenvalue weighted by Gasteiger charge is 2.31. The summed E-state index contributed by atoms with van der Waals surface area (Å²) in [7, 11) is 0. The number of halogens is 1. The first-order valence-electron chi connectivity index (χ1n) is 5.45. The van der Waals surface area contributed by atoms with Gasteiger partial charge in [0.15, 0.2) is 0 Å². The van der Waals surface area contributed by atoms with Crippen LogP contribution in [0.15, 0.2) is 27.6 Å². The first kappa shape index (κ1) is 11.5. The summed E-state index contributed by atoms with van der Waals surface area (Å²) in [6, 6.07) is 7.14. The van der Waals surface area contributed by atoms with E-state index in [4.69, 9.17) is 0 Å². The van der Waals surface area contributed by atoms with Crippen molar-refractivity contribution < 1.29 is 0 Å². The summed E-state index contributed by atoms with van der Waals surface area (Å²) in [5.74, 6) is 0. The van der Waals surface area contributed by atoms with Crippen LogP contribution in [0.5, 0.6) is 0 Å². The minimum Gasteiger partial charge on any atom is -0.309 e. The molecular formula is C12H16BrNS. The molecule has 82 valence electrons. The molecule has 3 heteroatoms. The average Bonchev–Trinajstić information content (AvgIpc) is 2.57. The van der Waals surface area contributed by atoms with Crippen molar-refractivity contribution in [1.29, 1.82) is 0 Å². The van der Waals surface area contributed by atoms with Gasteiger partial charge in [-0.2, -0.15) is 0 Å². The van der Waals surface area contributed by atoms with Crippen LogP contribution >= 0.6 is 27.7 Å². The summed E-state index contributed by atoms with van der Waals surface area (Å²) < 4.78 is 1.18. The lowest BCUT2D eigenvalue weighted by atomic mass is 10.0. The molecule has 0 bridgehead atoms. The van der Waals surface area contributed by atoms with E-state index < -0.39 is 0 Å². The lowest BCUT2D eigenvalue weighted by Gasteiger charge is -2.18. The molecule has 15 heavy (non-hydrogen) atoms. The topological polar surface area (TPSA) is 12.0 Å². The standard InChI is InChI=1S/C12H16BrNS/c1-3-10-12(14-4-2)9-7-8(13)5-6-11(9)15-10/h5-7,10,12,14H,3-4H2,1-2H3. The first-order chi connectivity index (χ1) is 7.26. The largest absolute Gasteiger partial charge is 0.309 e. The summed E-state index contributed by atoms with van der Waals surface area (Å²) in [6.45, 7) is 5.48. The minimum absolute atomic E-state index is 0.525.